The third-order valence-corrected chi connectivity index (χ3v) is 8.89. The molecule has 0 saturated carbocycles. The molecule has 4 heterocycles. The quantitative estimate of drug-likeness (QED) is 0.587. The number of carbonyl (C=O) groups is 2. The van der Waals surface area contributed by atoms with Crippen LogP contribution in [0.25, 0.3) is 0 Å². The summed E-state index contributed by atoms with van der Waals surface area (Å²) in [6.07, 6.45) is 3.47. The van der Waals surface area contributed by atoms with Crippen molar-refractivity contribution < 1.29 is 14.3 Å². The second-order valence-electron chi connectivity index (χ2n) is 12.7. The van der Waals surface area contributed by atoms with Gasteiger partial charge in [0.25, 0.3) is 11.8 Å². The highest BCUT2D eigenvalue weighted by Crippen LogP contribution is 2.32. The maximum atomic E-state index is 13.8. The standard InChI is InChI=1S/C32H42N4O3/c1-23(18-33-14-12-24-7-4-5-8-26(24)20-33)19-36-22-32(2,3)39-29-17-25(10-11-28(29)31(36)38)30(37)35-16-15-34-13-6-9-27(34)21-35/h4-5,7-8,10-11,17,23,27H,6,9,12-16,18-22H2,1-3H3/t23-,27?/m1/s1. The van der Waals surface area contributed by atoms with E-state index in [1.807, 2.05) is 29.7 Å². The van der Waals surface area contributed by atoms with E-state index >= 15 is 0 Å². The number of ether oxygens (including phenoxy) is 1. The summed E-state index contributed by atoms with van der Waals surface area (Å²) in [4.78, 5) is 36.1. The first kappa shape index (κ1) is 26.3. The summed E-state index contributed by atoms with van der Waals surface area (Å²) in [5.41, 5.74) is 3.48. The van der Waals surface area contributed by atoms with Gasteiger partial charge in [0.2, 0.25) is 0 Å². The Morgan fingerprint density at radius 2 is 1.87 bits per heavy atom. The van der Waals surface area contributed by atoms with Crippen LogP contribution in [0.15, 0.2) is 42.5 Å². The number of benzene rings is 2. The van der Waals surface area contributed by atoms with Crippen LogP contribution in [-0.4, -0.2) is 95.4 Å². The van der Waals surface area contributed by atoms with Gasteiger partial charge in [-0.25, -0.2) is 0 Å². The fourth-order valence-electron chi connectivity index (χ4n) is 7.04. The maximum absolute atomic E-state index is 13.8. The Kier molecular flexibility index (Phi) is 7.15. The van der Waals surface area contributed by atoms with Crippen LogP contribution < -0.4 is 4.74 Å². The van der Waals surface area contributed by atoms with Crippen molar-refractivity contribution in [2.24, 2.45) is 5.92 Å². The van der Waals surface area contributed by atoms with Gasteiger partial charge >= 0.3 is 0 Å². The highest BCUT2D eigenvalue weighted by atomic mass is 16.5. The van der Waals surface area contributed by atoms with Gasteiger partial charge in [0.15, 0.2) is 0 Å². The zero-order chi connectivity index (χ0) is 27.1. The van der Waals surface area contributed by atoms with Gasteiger partial charge < -0.3 is 14.5 Å². The minimum absolute atomic E-state index is 0.00927. The van der Waals surface area contributed by atoms with E-state index in [0.717, 1.165) is 52.2 Å². The average molecular weight is 531 g/mol. The Bertz CT molecular complexity index is 1240. The fraction of sp³-hybridized carbons (Fsp3) is 0.562. The molecule has 2 fully saturated rings. The Morgan fingerprint density at radius 1 is 1.05 bits per heavy atom. The van der Waals surface area contributed by atoms with Crippen molar-refractivity contribution in [2.45, 2.75) is 58.2 Å². The smallest absolute Gasteiger partial charge is 0.257 e. The molecular formula is C32H42N4O3. The van der Waals surface area contributed by atoms with E-state index in [-0.39, 0.29) is 11.8 Å². The number of fused-ring (bicyclic) bond motifs is 3. The molecule has 2 atom stereocenters. The molecule has 208 valence electrons. The molecule has 0 spiro atoms. The van der Waals surface area contributed by atoms with Gasteiger partial charge in [0, 0.05) is 57.4 Å². The van der Waals surface area contributed by atoms with E-state index in [1.165, 1.54) is 24.0 Å². The van der Waals surface area contributed by atoms with Gasteiger partial charge in [-0.3, -0.25) is 19.4 Å². The van der Waals surface area contributed by atoms with Crippen LogP contribution in [0.5, 0.6) is 5.75 Å². The van der Waals surface area contributed by atoms with Crippen LogP contribution in [-0.2, 0) is 13.0 Å². The molecule has 4 aliphatic heterocycles. The molecule has 7 heteroatoms. The predicted octanol–water partition coefficient (Wildman–Crippen LogP) is 3.91. The Morgan fingerprint density at radius 3 is 2.72 bits per heavy atom. The summed E-state index contributed by atoms with van der Waals surface area (Å²) >= 11 is 0. The average Bonchev–Trinajstić information content (AvgIpc) is 3.36. The molecule has 4 aliphatic rings. The van der Waals surface area contributed by atoms with Gasteiger partial charge in [-0.2, -0.15) is 0 Å². The monoisotopic (exact) mass is 530 g/mol. The summed E-state index contributed by atoms with van der Waals surface area (Å²) in [5, 5.41) is 0. The molecule has 7 nitrogen and oxygen atoms in total. The van der Waals surface area contributed by atoms with Crippen molar-refractivity contribution in [3.63, 3.8) is 0 Å². The zero-order valence-corrected chi connectivity index (χ0v) is 23.7. The number of piperazine rings is 1. The fourth-order valence-corrected chi connectivity index (χ4v) is 7.04. The molecule has 0 radical (unpaired) electrons. The second-order valence-corrected chi connectivity index (χ2v) is 12.7. The third kappa shape index (κ3) is 5.57. The molecule has 0 aromatic heterocycles. The molecule has 0 aliphatic carbocycles. The highest BCUT2D eigenvalue weighted by Gasteiger charge is 2.36. The molecule has 2 aromatic carbocycles. The Hall–Kier alpha value is -2.90. The molecule has 39 heavy (non-hydrogen) atoms. The first-order valence-corrected chi connectivity index (χ1v) is 14.7. The van der Waals surface area contributed by atoms with Gasteiger partial charge in [-0.1, -0.05) is 31.2 Å². The molecule has 2 aromatic rings. The SMILES string of the molecule is C[C@H](CN1CCc2ccccc2C1)CN1CC(C)(C)Oc2cc(C(=O)N3CCN4CCCC4C3)ccc2C1=O. The first-order chi connectivity index (χ1) is 18.8. The topological polar surface area (TPSA) is 56.3 Å². The van der Waals surface area contributed by atoms with E-state index in [9.17, 15) is 9.59 Å². The Labute approximate surface area is 232 Å². The summed E-state index contributed by atoms with van der Waals surface area (Å²) < 4.78 is 6.41. The molecular weight excluding hydrogens is 488 g/mol. The van der Waals surface area contributed by atoms with Gasteiger partial charge in [-0.15, -0.1) is 0 Å². The highest BCUT2D eigenvalue weighted by molar-refractivity contribution is 6.00. The van der Waals surface area contributed by atoms with Gasteiger partial charge in [-0.05, 0) is 74.9 Å². The van der Waals surface area contributed by atoms with E-state index in [2.05, 4.69) is 41.0 Å². The Balaban J connectivity index is 1.14. The molecule has 6 rings (SSSR count). The molecule has 2 saturated heterocycles. The molecule has 0 N–H and O–H groups in total. The maximum Gasteiger partial charge on any atom is 0.257 e. The van der Waals surface area contributed by atoms with Crippen LogP contribution in [0.3, 0.4) is 0 Å². The van der Waals surface area contributed by atoms with Crippen molar-refractivity contribution >= 4 is 11.8 Å². The number of nitrogens with zero attached hydrogens (tertiary/aromatic N) is 4. The normalized spacial score (nSPS) is 23.9. The lowest BCUT2D eigenvalue weighted by molar-refractivity contribution is 0.0481. The van der Waals surface area contributed by atoms with E-state index < -0.39 is 5.60 Å². The number of carbonyl (C=O) groups excluding carboxylic acids is 2. The largest absolute Gasteiger partial charge is 0.485 e. The number of hydrogen-bond donors (Lipinski definition) is 0. The van der Waals surface area contributed by atoms with Crippen molar-refractivity contribution in [2.75, 3.05) is 52.4 Å². The summed E-state index contributed by atoms with van der Waals surface area (Å²) in [5.74, 6) is 0.880. The lowest BCUT2D eigenvalue weighted by Crippen LogP contribution is -2.52. The van der Waals surface area contributed by atoms with Crippen LogP contribution in [0.2, 0.25) is 0 Å². The van der Waals surface area contributed by atoms with Crippen molar-refractivity contribution in [3.8, 4) is 5.75 Å². The minimum Gasteiger partial charge on any atom is -0.485 e. The lowest BCUT2D eigenvalue weighted by Gasteiger charge is -2.37. The van der Waals surface area contributed by atoms with Crippen molar-refractivity contribution in [1.29, 1.82) is 0 Å². The summed E-state index contributed by atoms with van der Waals surface area (Å²) in [6, 6.07) is 14.6. The molecule has 1 unspecified atom stereocenters. The number of hydrogen-bond acceptors (Lipinski definition) is 5. The lowest BCUT2D eigenvalue weighted by atomic mass is 9.98. The van der Waals surface area contributed by atoms with E-state index in [1.54, 1.807) is 12.1 Å². The van der Waals surface area contributed by atoms with Crippen molar-refractivity contribution in [3.05, 3.63) is 64.7 Å². The second kappa shape index (κ2) is 10.6. The van der Waals surface area contributed by atoms with Crippen LogP contribution in [0.1, 0.15) is 65.5 Å². The van der Waals surface area contributed by atoms with Crippen LogP contribution in [0, 0.1) is 5.92 Å². The van der Waals surface area contributed by atoms with Crippen LogP contribution in [0.4, 0.5) is 0 Å². The number of amides is 2. The molecule has 2 amide bonds. The van der Waals surface area contributed by atoms with Gasteiger partial charge in [0.1, 0.15) is 11.4 Å². The van der Waals surface area contributed by atoms with Crippen LogP contribution >= 0.6 is 0 Å². The van der Waals surface area contributed by atoms with E-state index in [4.69, 9.17) is 4.74 Å². The van der Waals surface area contributed by atoms with Crippen molar-refractivity contribution in [1.82, 2.24) is 19.6 Å². The zero-order valence-electron chi connectivity index (χ0n) is 23.7. The number of rotatable bonds is 5. The summed E-state index contributed by atoms with van der Waals surface area (Å²) in [7, 11) is 0. The first-order valence-electron chi connectivity index (χ1n) is 14.7. The predicted molar refractivity (Wildman–Crippen MR) is 152 cm³/mol. The molecule has 0 bridgehead atoms. The summed E-state index contributed by atoms with van der Waals surface area (Å²) in [6.45, 7) is 14.1. The van der Waals surface area contributed by atoms with Gasteiger partial charge in [0.05, 0.1) is 12.1 Å². The minimum atomic E-state index is -0.554. The third-order valence-electron chi connectivity index (χ3n) is 8.89. The van der Waals surface area contributed by atoms with E-state index in [0.29, 0.717) is 41.9 Å².